The fraction of sp³-hybridized carbons (Fsp3) is 0.0370. The molecule has 5 rings (SSSR count). The van der Waals surface area contributed by atoms with E-state index in [-0.39, 0.29) is 5.92 Å². The van der Waals surface area contributed by atoms with Gasteiger partial charge >= 0.3 is 0 Å². The van der Waals surface area contributed by atoms with Gasteiger partial charge in [0.2, 0.25) is 0 Å². The maximum atomic E-state index is 2.28. The average molecular weight is 344 g/mol. The molecule has 0 spiro atoms. The Bertz CT molecular complexity index is 1090. The molecule has 0 aliphatic heterocycles. The van der Waals surface area contributed by atoms with Crippen molar-refractivity contribution in [3.8, 4) is 0 Å². The first-order valence-electron chi connectivity index (χ1n) is 9.43. The Morgan fingerprint density at radius 2 is 0.963 bits per heavy atom. The molecule has 0 aromatic heterocycles. The summed E-state index contributed by atoms with van der Waals surface area (Å²) >= 11 is 0. The van der Waals surface area contributed by atoms with Crippen LogP contribution in [-0.4, -0.2) is 0 Å². The monoisotopic (exact) mass is 344 g/mol. The first-order valence-corrected chi connectivity index (χ1v) is 9.43. The summed E-state index contributed by atoms with van der Waals surface area (Å²) in [5, 5.41) is 0. The first-order chi connectivity index (χ1) is 13.4. The first kappa shape index (κ1) is 15.8. The van der Waals surface area contributed by atoms with E-state index in [1.165, 1.54) is 39.0 Å². The van der Waals surface area contributed by atoms with Gasteiger partial charge in [-0.1, -0.05) is 115 Å². The normalized spacial score (nSPS) is 15.6. The van der Waals surface area contributed by atoms with Crippen LogP contribution in [0.5, 0.6) is 0 Å². The highest BCUT2D eigenvalue weighted by molar-refractivity contribution is 6.06. The maximum Gasteiger partial charge on any atom is 0.0358 e. The van der Waals surface area contributed by atoms with E-state index in [4.69, 9.17) is 0 Å². The van der Waals surface area contributed by atoms with Crippen molar-refractivity contribution in [1.29, 1.82) is 0 Å². The molecule has 0 nitrogen and oxygen atoms in total. The summed E-state index contributed by atoms with van der Waals surface area (Å²) in [5.74, 6) is 0.250. The van der Waals surface area contributed by atoms with E-state index in [0.717, 1.165) is 0 Å². The van der Waals surface area contributed by atoms with Crippen molar-refractivity contribution >= 4 is 11.1 Å². The maximum absolute atomic E-state index is 2.28. The van der Waals surface area contributed by atoms with Crippen LogP contribution in [0.1, 0.15) is 33.7 Å². The van der Waals surface area contributed by atoms with Gasteiger partial charge in [0.15, 0.2) is 0 Å². The zero-order chi connectivity index (χ0) is 18.1. The Morgan fingerprint density at radius 3 is 1.63 bits per heavy atom. The van der Waals surface area contributed by atoms with Crippen LogP contribution < -0.4 is 0 Å². The lowest BCUT2D eigenvalue weighted by Crippen LogP contribution is -2.01. The SMILES string of the molecule is c1ccc(C2=C(c3ccccc3)[C@@H](c3ccccc3)c3ccccc32)cc1. The molecule has 0 saturated carbocycles. The van der Waals surface area contributed by atoms with Gasteiger partial charge in [-0.3, -0.25) is 0 Å². The number of hydrogen-bond donors (Lipinski definition) is 0. The molecule has 0 fully saturated rings. The highest BCUT2D eigenvalue weighted by Crippen LogP contribution is 2.52. The van der Waals surface area contributed by atoms with Crippen molar-refractivity contribution in [2.45, 2.75) is 5.92 Å². The van der Waals surface area contributed by atoms with Gasteiger partial charge in [-0.2, -0.15) is 0 Å². The van der Waals surface area contributed by atoms with Crippen LogP contribution in [0.2, 0.25) is 0 Å². The summed E-state index contributed by atoms with van der Waals surface area (Å²) in [5.41, 5.74) is 9.40. The zero-order valence-corrected chi connectivity index (χ0v) is 15.0. The van der Waals surface area contributed by atoms with Crippen LogP contribution in [0.15, 0.2) is 115 Å². The van der Waals surface area contributed by atoms with E-state index in [1.807, 2.05) is 0 Å². The molecule has 1 aliphatic rings. The number of benzene rings is 4. The molecule has 0 N–H and O–H groups in total. The van der Waals surface area contributed by atoms with Crippen molar-refractivity contribution in [2.24, 2.45) is 0 Å². The summed E-state index contributed by atoms with van der Waals surface area (Å²) in [4.78, 5) is 0. The number of hydrogen-bond acceptors (Lipinski definition) is 0. The fourth-order valence-corrected chi connectivity index (χ4v) is 4.26. The van der Waals surface area contributed by atoms with E-state index in [1.54, 1.807) is 0 Å². The quantitative estimate of drug-likeness (QED) is 0.384. The van der Waals surface area contributed by atoms with Gasteiger partial charge in [-0.05, 0) is 39.0 Å². The highest BCUT2D eigenvalue weighted by Gasteiger charge is 2.33. The van der Waals surface area contributed by atoms with Crippen LogP contribution in [0.3, 0.4) is 0 Å². The molecule has 0 unspecified atom stereocenters. The second kappa shape index (κ2) is 6.74. The highest BCUT2D eigenvalue weighted by atomic mass is 14.4. The van der Waals surface area contributed by atoms with E-state index in [0.29, 0.717) is 0 Å². The summed E-state index contributed by atoms with van der Waals surface area (Å²) < 4.78 is 0. The van der Waals surface area contributed by atoms with Crippen LogP contribution in [0.4, 0.5) is 0 Å². The molecule has 4 aromatic rings. The van der Waals surface area contributed by atoms with Crippen molar-refractivity contribution < 1.29 is 0 Å². The summed E-state index contributed by atoms with van der Waals surface area (Å²) in [7, 11) is 0. The fourth-order valence-electron chi connectivity index (χ4n) is 4.26. The molecule has 0 saturated heterocycles. The summed E-state index contributed by atoms with van der Waals surface area (Å²) in [6, 6.07) is 41.4. The van der Waals surface area contributed by atoms with Gasteiger partial charge in [0, 0.05) is 5.92 Å². The lowest BCUT2D eigenvalue weighted by atomic mass is 9.84. The molecular formula is C27H20. The predicted molar refractivity (Wildman–Crippen MR) is 114 cm³/mol. The van der Waals surface area contributed by atoms with Crippen molar-refractivity contribution in [1.82, 2.24) is 0 Å². The Balaban J connectivity index is 1.86. The molecule has 128 valence electrons. The largest absolute Gasteiger partial charge is 0.0622 e. The van der Waals surface area contributed by atoms with Gasteiger partial charge in [0.25, 0.3) is 0 Å². The van der Waals surface area contributed by atoms with Crippen LogP contribution in [0.25, 0.3) is 11.1 Å². The Morgan fingerprint density at radius 1 is 0.444 bits per heavy atom. The van der Waals surface area contributed by atoms with Gasteiger partial charge in [0.1, 0.15) is 0 Å². The smallest absolute Gasteiger partial charge is 0.0358 e. The minimum Gasteiger partial charge on any atom is -0.0622 e. The Labute approximate surface area is 160 Å². The second-order valence-electron chi connectivity index (χ2n) is 6.95. The lowest BCUT2D eigenvalue weighted by Gasteiger charge is -2.18. The van der Waals surface area contributed by atoms with Crippen molar-refractivity contribution in [3.63, 3.8) is 0 Å². The zero-order valence-electron chi connectivity index (χ0n) is 15.0. The number of allylic oxidation sites excluding steroid dienone is 1. The van der Waals surface area contributed by atoms with E-state index in [2.05, 4.69) is 115 Å². The van der Waals surface area contributed by atoms with Gasteiger partial charge in [-0.15, -0.1) is 0 Å². The topological polar surface area (TPSA) is 0 Å². The molecule has 0 bridgehead atoms. The number of fused-ring (bicyclic) bond motifs is 1. The van der Waals surface area contributed by atoms with E-state index < -0.39 is 0 Å². The molecule has 0 heteroatoms. The molecule has 0 radical (unpaired) electrons. The molecule has 0 heterocycles. The molecular weight excluding hydrogens is 324 g/mol. The average Bonchev–Trinajstić information content (AvgIpc) is 3.11. The molecule has 0 amide bonds. The molecule has 1 aliphatic carbocycles. The van der Waals surface area contributed by atoms with Gasteiger partial charge in [-0.25, -0.2) is 0 Å². The third kappa shape index (κ3) is 2.71. The van der Waals surface area contributed by atoms with Crippen LogP contribution >= 0.6 is 0 Å². The lowest BCUT2D eigenvalue weighted by molar-refractivity contribution is 1.07. The number of rotatable bonds is 3. The Kier molecular flexibility index (Phi) is 3.95. The van der Waals surface area contributed by atoms with Crippen molar-refractivity contribution in [2.75, 3.05) is 0 Å². The van der Waals surface area contributed by atoms with E-state index in [9.17, 15) is 0 Å². The predicted octanol–water partition coefficient (Wildman–Crippen LogP) is 6.79. The van der Waals surface area contributed by atoms with Crippen LogP contribution in [-0.2, 0) is 0 Å². The summed E-state index contributed by atoms with van der Waals surface area (Å²) in [6.45, 7) is 0. The van der Waals surface area contributed by atoms with Crippen molar-refractivity contribution in [3.05, 3.63) is 143 Å². The molecule has 4 aromatic carbocycles. The summed E-state index contributed by atoms with van der Waals surface area (Å²) in [6.07, 6.45) is 0. The Hall–Kier alpha value is -3.38. The van der Waals surface area contributed by atoms with Gasteiger partial charge in [0.05, 0.1) is 0 Å². The minimum atomic E-state index is 0.250. The standard InChI is InChI=1S/C27H20/c1-4-12-20(13-5-1)25-23-18-10-11-19-24(23)26(21-14-6-2-7-15-21)27(25)22-16-8-3-9-17-22/h1-19,25H/t25-/m0/s1. The third-order valence-electron chi connectivity index (χ3n) is 5.38. The van der Waals surface area contributed by atoms with E-state index >= 15 is 0 Å². The molecule has 1 atom stereocenters. The minimum absolute atomic E-state index is 0.250. The molecule has 27 heavy (non-hydrogen) atoms. The third-order valence-corrected chi connectivity index (χ3v) is 5.38. The van der Waals surface area contributed by atoms with Gasteiger partial charge < -0.3 is 0 Å². The van der Waals surface area contributed by atoms with Crippen LogP contribution in [0, 0.1) is 0 Å². The second-order valence-corrected chi connectivity index (χ2v) is 6.95.